The van der Waals surface area contributed by atoms with Crippen molar-refractivity contribution in [2.75, 3.05) is 6.54 Å². The maximum absolute atomic E-state index is 3.25. The summed E-state index contributed by atoms with van der Waals surface area (Å²) in [6.07, 6.45) is 0. The standard InChI is InChI=1S/C15H14N2/c1-3-7-12(8-4-1)14-11-16-17-15(14)13-9-5-2-6-10-13/h1-10,16-17H,11H2. The Balaban J connectivity index is 2.08. The Morgan fingerprint density at radius 1 is 0.706 bits per heavy atom. The number of nitrogens with one attached hydrogen (secondary N) is 2. The predicted octanol–water partition coefficient (Wildman–Crippen LogP) is 2.66. The highest BCUT2D eigenvalue weighted by Crippen LogP contribution is 2.26. The molecule has 17 heavy (non-hydrogen) atoms. The lowest BCUT2D eigenvalue weighted by Crippen LogP contribution is -2.23. The van der Waals surface area contributed by atoms with E-state index >= 15 is 0 Å². The molecule has 1 aliphatic rings. The lowest BCUT2D eigenvalue weighted by atomic mass is 10.0. The molecular weight excluding hydrogens is 208 g/mol. The van der Waals surface area contributed by atoms with Gasteiger partial charge in [0, 0.05) is 12.1 Å². The molecule has 2 heteroatoms. The average Bonchev–Trinajstić information content (AvgIpc) is 2.90. The topological polar surface area (TPSA) is 24.1 Å². The number of hydrogen-bond acceptors (Lipinski definition) is 2. The fourth-order valence-electron chi connectivity index (χ4n) is 2.12. The van der Waals surface area contributed by atoms with Crippen molar-refractivity contribution in [2.24, 2.45) is 0 Å². The van der Waals surface area contributed by atoms with E-state index in [9.17, 15) is 0 Å². The molecule has 3 rings (SSSR count). The Hall–Kier alpha value is -2.06. The van der Waals surface area contributed by atoms with Gasteiger partial charge in [-0.05, 0) is 11.1 Å². The lowest BCUT2D eigenvalue weighted by molar-refractivity contribution is 0.741. The van der Waals surface area contributed by atoms with Gasteiger partial charge in [0.1, 0.15) is 0 Å². The van der Waals surface area contributed by atoms with Gasteiger partial charge in [-0.25, -0.2) is 5.43 Å². The van der Waals surface area contributed by atoms with E-state index in [1.807, 2.05) is 12.1 Å². The highest BCUT2D eigenvalue weighted by Gasteiger charge is 2.16. The van der Waals surface area contributed by atoms with Gasteiger partial charge in [-0.3, -0.25) is 0 Å². The third kappa shape index (κ3) is 1.95. The summed E-state index contributed by atoms with van der Waals surface area (Å²) < 4.78 is 0. The van der Waals surface area contributed by atoms with Gasteiger partial charge in [0.05, 0.1) is 5.70 Å². The van der Waals surface area contributed by atoms with Gasteiger partial charge >= 0.3 is 0 Å². The number of benzene rings is 2. The average molecular weight is 222 g/mol. The quantitative estimate of drug-likeness (QED) is 0.816. The normalized spacial score (nSPS) is 14.8. The van der Waals surface area contributed by atoms with Crippen LogP contribution in [-0.4, -0.2) is 6.54 Å². The van der Waals surface area contributed by atoms with Gasteiger partial charge in [-0.2, -0.15) is 0 Å². The molecule has 0 radical (unpaired) electrons. The van der Waals surface area contributed by atoms with E-state index < -0.39 is 0 Å². The van der Waals surface area contributed by atoms with Gasteiger partial charge in [-0.15, -0.1) is 0 Å². The molecule has 84 valence electrons. The molecule has 0 unspecified atom stereocenters. The highest BCUT2D eigenvalue weighted by atomic mass is 15.4. The monoisotopic (exact) mass is 222 g/mol. The van der Waals surface area contributed by atoms with Crippen LogP contribution >= 0.6 is 0 Å². The van der Waals surface area contributed by atoms with Crippen LogP contribution in [0.15, 0.2) is 60.7 Å². The molecule has 0 atom stereocenters. The number of hydrazine groups is 1. The molecule has 0 spiro atoms. The van der Waals surface area contributed by atoms with Crippen LogP contribution in [0.25, 0.3) is 11.3 Å². The molecule has 0 aliphatic carbocycles. The van der Waals surface area contributed by atoms with Crippen molar-refractivity contribution in [3.05, 3.63) is 71.8 Å². The molecule has 1 aliphatic heterocycles. The smallest absolute Gasteiger partial charge is 0.0611 e. The van der Waals surface area contributed by atoms with Crippen molar-refractivity contribution < 1.29 is 0 Å². The minimum absolute atomic E-state index is 0.855. The molecule has 0 bridgehead atoms. The second-order valence-electron chi connectivity index (χ2n) is 4.06. The fraction of sp³-hybridized carbons (Fsp3) is 0.0667. The Morgan fingerprint density at radius 3 is 1.94 bits per heavy atom. The Bertz CT molecular complexity index is 480. The summed E-state index contributed by atoms with van der Waals surface area (Å²) in [5.41, 5.74) is 11.4. The Morgan fingerprint density at radius 2 is 1.29 bits per heavy atom. The molecular formula is C15H14N2. The SMILES string of the molecule is c1ccc(C2=C(c3ccccc3)NNC2)cc1. The first kappa shape index (κ1) is 10.1. The number of hydrogen-bond donors (Lipinski definition) is 2. The summed E-state index contributed by atoms with van der Waals surface area (Å²) >= 11 is 0. The van der Waals surface area contributed by atoms with Crippen LogP contribution in [0.3, 0.4) is 0 Å². The van der Waals surface area contributed by atoms with Gasteiger partial charge < -0.3 is 5.43 Å². The van der Waals surface area contributed by atoms with Crippen molar-refractivity contribution in [1.29, 1.82) is 0 Å². The van der Waals surface area contributed by atoms with Gasteiger partial charge in [0.15, 0.2) is 0 Å². The zero-order valence-corrected chi connectivity index (χ0v) is 9.48. The van der Waals surface area contributed by atoms with E-state index in [1.54, 1.807) is 0 Å². The summed E-state index contributed by atoms with van der Waals surface area (Å²) in [6, 6.07) is 20.9. The van der Waals surface area contributed by atoms with E-state index in [0.29, 0.717) is 0 Å². The summed E-state index contributed by atoms with van der Waals surface area (Å²) in [7, 11) is 0. The van der Waals surface area contributed by atoms with Crippen LogP contribution in [0.2, 0.25) is 0 Å². The van der Waals surface area contributed by atoms with Gasteiger partial charge in [0.25, 0.3) is 0 Å². The van der Waals surface area contributed by atoms with Crippen LogP contribution in [-0.2, 0) is 0 Å². The molecule has 0 saturated heterocycles. The maximum atomic E-state index is 3.25. The van der Waals surface area contributed by atoms with E-state index in [0.717, 1.165) is 6.54 Å². The van der Waals surface area contributed by atoms with E-state index in [4.69, 9.17) is 0 Å². The van der Waals surface area contributed by atoms with E-state index in [1.165, 1.54) is 22.4 Å². The Kier molecular flexibility index (Phi) is 2.64. The van der Waals surface area contributed by atoms with Crippen molar-refractivity contribution in [2.45, 2.75) is 0 Å². The minimum Gasteiger partial charge on any atom is -0.320 e. The zero-order valence-electron chi connectivity index (χ0n) is 9.48. The van der Waals surface area contributed by atoms with Crippen LogP contribution in [0.5, 0.6) is 0 Å². The summed E-state index contributed by atoms with van der Waals surface area (Å²) in [5.74, 6) is 0. The third-order valence-corrected chi connectivity index (χ3v) is 2.97. The fourth-order valence-corrected chi connectivity index (χ4v) is 2.12. The summed E-state index contributed by atoms with van der Waals surface area (Å²) in [6.45, 7) is 0.855. The van der Waals surface area contributed by atoms with Crippen molar-refractivity contribution in [3.8, 4) is 0 Å². The molecule has 2 nitrogen and oxygen atoms in total. The van der Waals surface area contributed by atoms with Gasteiger partial charge in [-0.1, -0.05) is 60.7 Å². The molecule has 2 aromatic rings. The number of rotatable bonds is 2. The second kappa shape index (κ2) is 4.44. The van der Waals surface area contributed by atoms with E-state index in [-0.39, 0.29) is 0 Å². The molecule has 0 fully saturated rings. The van der Waals surface area contributed by atoms with Crippen LogP contribution < -0.4 is 10.9 Å². The van der Waals surface area contributed by atoms with Crippen molar-refractivity contribution >= 4 is 11.3 Å². The molecule has 0 aromatic heterocycles. The molecule has 0 saturated carbocycles. The Labute approximate surface area is 101 Å². The van der Waals surface area contributed by atoms with Crippen LogP contribution in [0.1, 0.15) is 11.1 Å². The third-order valence-electron chi connectivity index (χ3n) is 2.97. The highest BCUT2D eigenvalue weighted by molar-refractivity contribution is 5.92. The van der Waals surface area contributed by atoms with Crippen molar-refractivity contribution in [3.63, 3.8) is 0 Å². The van der Waals surface area contributed by atoms with Crippen LogP contribution in [0, 0.1) is 0 Å². The second-order valence-corrected chi connectivity index (χ2v) is 4.06. The van der Waals surface area contributed by atoms with Crippen molar-refractivity contribution in [1.82, 2.24) is 10.9 Å². The first-order valence-corrected chi connectivity index (χ1v) is 5.78. The minimum atomic E-state index is 0.855. The van der Waals surface area contributed by atoms with E-state index in [2.05, 4.69) is 59.4 Å². The summed E-state index contributed by atoms with van der Waals surface area (Å²) in [5, 5.41) is 0. The first-order valence-electron chi connectivity index (χ1n) is 5.78. The lowest BCUT2D eigenvalue weighted by Gasteiger charge is -2.06. The molecule has 2 aromatic carbocycles. The van der Waals surface area contributed by atoms with Crippen LogP contribution in [0.4, 0.5) is 0 Å². The maximum Gasteiger partial charge on any atom is 0.0611 e. The molecule has 2 N–H and O–H groups in total. The zero-order chi connectivity index (χ0) is 11.5. The predicted molar refractivity (Wildman–Crippen MR) is 70.8 cm³/mol. The largest absolute Gasteiger partial charge is 0.320 e. The first-order chi connectivity index (χ1) is 8.45. The molecule has 0 amide bonds. The molecule has 1 heterocycles. The summed E-state index contributed by atoms with van der Waals surface area (Å²) in [4.78, 5) is 0. The van der Waals surface area contributed by atoms with Gasteiger partial charge in [0.2, 0.25) is 0 Å².